The van der Waals surface area contributed by atoms with Crippen molar-refractivity contribution in [3.8, 4) is 5.75 Å². The van der Waals surface area contributed by atoms with Crippen LogP contribution in [0.15, 0.2) is 53.9 Å². The topological polar surface area (TPSA) is 112 Å². The van der Waals surface area contributed by atoms with Crippen molar-refractivity contribution in [3.63, 3.8) is 0 Å². The molecular formula is C32H44N4O4S. The highest BCUT2D eigenvalue weighted by Gasteiger charge is 2.31. The summed E-state index contributed by atoms with van der Waals surface area (Å²) in [5.41, 5.74) is 2.19. The van der Waals surface area contributed by atoms with E-state index in [1.165, 1.54) is 4.70 Å². The Hall–Kier alpha value is -2.98. The quantitative estimate of drug-likeness (QED) is 0.314. The maximum absolute atomic E-state index is 13.8. The summed E-state index contributed by atoms with van der Waals surface area (Å²) in [5.74, 6) is 0.409. The number of carbonyl (C=O) groups excluding carboxylic acids is 2. The van der Waals surface area contributed by atoms with Crippen LogP contribution in [0.5, 0.6) is 5.75 Å². The molecule has 0 bridgehead atoms. The summed E-state index contributed by atoms with van der Waals surface area (Å²) in [4.78, 5) is 26.8. The molecular weight excluding hydrogens is 536 g/mol. The minimum Gasteiger partial charge on any atom is -0.492 e. The molecule has 8 nitrogen and oxygen atoms in total. The molecule has 2 heterocycles. The van der Waals surface area contributed by atoms with Gasteiger partial charge in [-0.3, -0.25) is 14.9 Å². The minimum atomic E-state index is -1.09. The molecule has 0 saturated carbocycles. The number of ether oxygens (including phenoxy) is 1. The molecule has 5 N–H and O–H groups in total. The highest BCUT2D eigenvalue weighted by molar-refractivity contribution is 7.17. The first kappa shape index (κ1) is 31.0. The summed E-state index contributed by atoms with van der Waals surface area (Å²) in [7, 11) is 0. The molecule has 2 amide bonds. The number of rotatable bonds is 5. The summed E-state index contributed by atoms with van der Waals surface area (Å²) in [5, 5.41) is 27.1. The smallest absolute Gasteiger partial charge is 0.237 e. The van der Waals surface area contributed by atoms with Gasteiger partial charge in [-0.25, -0.2) is 0 Å². The third kappa shape index (κ3) is 8.52. The molecule has 0 fully saturated rings. The first-order valence-electron chi connectivity index (χ1n) is 14.8. The number of benzene rings is 2. The molecule has 3 aromatic rings. The van der Waals surface area contributed by atoms with Crippen LogP contribution in [0.4, 0.5) is 0 Å². The van der Waals surface area contributed by atoms with E-state index in [1.807, 2.05) is 57.2 Å². The van der Waals surface area contributed by atoms with E-state index in [0.717, 1.165) is 41.5 Å². The van der Waals surface area contributed by atoms with Crippen molar-refractivity contribution in [2.24, 2.45) is 5.92 Å². The maximum atomic E-state index is 13.8. The van der Waals surface area contributed by atoms with Gasteiger partial charge < -0.3 is 25.8 Å². The third-order valence-corrected chi connectivity index (χ3v) is 8.59. The van der Waals surface area contributed by atoms with Gasteiger partial charge in [0.15, 0.2) is 0 Å². The lowest BCUT2D eigenvalue weighted by Gasteiger charge is -2.32. The summed E-state index contributed by atoms with van der Waals surface area (Å²) in [6.45, 7) is 7.33. The van der Waals surface area contributed by atoms with Gasteiger partial charge in [-0.1, -0.05) is 63.6 Å². The van der Waals surface area contributed by atoms with Crippen molar-refractivity contribution < 1.29 is 19.4 Å². The molecule has 4 atom stereocenters. The molecule has 1 unspecified atom stereocenters. The van der Waals surface area contributed by atoms with E-state index in [1.54, 1.807) is 11.3 Å². The molecule has 1 aliphatic rings. The SMILES string of the molecule is CCC[C@@H]1NC(O)[C@@H](C(C)C)NC(=O)[C@@H](Cc2csc3ccccc23)NCCOc2ccccc2CCCNC1=O. The van der Waals surface area contributed by atoms with Crippen molar-refractivity contribution in [3.05, 3.63) is 65.0 Å². The predicted octanol–water partition coefficient (Wildman–Crippen LogP) is 3.76. The number of carbonyl (C=O) groups is 2. The summed E-state index contributed by atoms with van der Waals surface area (Å²) in [6, 6.07) is 14.5. The Morgan fingerprint density at radius 3 is 2.61 bits per heavy atom. The monoisotopic (exact) mass is 580 g/mol. The van der Waals surface area contributed by atoms with Crippen LogP contribution in [-0.2, 0) is 22.4 Å². The average molecular weight is 581 g/mol. The Balaban J connectivity index is 1.59. The fraction of sp³-hybridized carbons (Fsp3) is 0.500. The fourth-order valence-corrected chi connectivity index (χ4v) is 6.27. The van der Waals surface area contributed by atoms with Crippen molar-refractivity contribution in [1.82, 2.24) is 21.3 Å². The molecule has 0 spiro atoms. The van der Waals surface area contributed by atoms with E-state index in [4.69, 9.17) is 4.74 Å². The third-order valence-electron chi connectivity index (χ3n) is 7.58. The van der Waals surface area contributed by atoms with Gasteiger partial charge in [0, 0.05) is 17.8 Å². The summed E-state index contributed by atoms with van der Waals surface area (Å²) >= 11 is 1.67. The first-order chi connectivity index (χ1) is 19.9. The van der Waals surface area contributed by atoms with E-state index in [0.29, 0.717) is 32.5 Å². The van der Waals surface area contributed by atoms with E-state index < -0.39 is 24.4 Å². The van der Waals surface area contributed by atoms with Crippen LogP contribution in [0.25, 0.3) is 10.1 Å². The molecule has 1 aliphatic heterocycles. The van der Waals surface area contributed by atoms with Crippen LogP contribution >= 0.6 is 11.3 Å². The Bertz CT molecular complexity index is 1280. The van der Waals surface area contributed by atoms with Crippen molar-refractivity contribution in [2.45, 2.75) is 77.2 Å². The van der Waals surface area contributed by atoms with Gasteiger partial charge >= 0.3 is 0 Å². The Kier molecular flexibility index (Phi) is 11.6. The lowest BCUT2D eigenvalue weighted by molar-refractivity contribution is -0.126. The normalized spacial score (nSPS) is 23.6. The Labute approximate surface area is 247 Å². The summed E-state index contributed by atoms with van der Waals surface area (Å²) < 4.78 is 7.32. The van der Waals surface area contributed by atoms with E-state index in [-0.39, 0.29) is 17.7 Å². The number of aliphatic hydroxyl groups is 1. The predicted molar refractivity (Wildman–Crippen MR) is 165 cm³/mol. The molecule has 0 radical (unpaired) electrons. The van der Waals surface area contributed by atoms with E-state index >= 15 is 0 Å². The Morgan fingerprint density at radius 1 is 1.02 bits per heavy atom. The second-order valence-corrected chi connectivity index (χ2v) is 12.0. The van der Waals surface area contributed by atoms with Gasteiger partial charge in [0.05, 0.1) is 18.1 Å². The van der Waals surface area contributed by atoms with Gasteiger partial charge in [0.25, 0.3) is 0 Å². The van der Waals surface area contributed by atoms with E-state index in [2.05, 4.69) is 38.8 Å². The molecule has 222 valence electrons. The maximum Gasteiger partial charge on any atom is 0.237 e. The zero-order valence-electron chi connectivity index (χ0n) is 24.3. The van der Waals surface area contributed by atoms with E-state index in [9.17, 15) is 14.7 Å². The van der Waals surface area contributed by atoms with Crippen LogP contribution < -0.4 is 26.0 Å². The molecule has 0 aliphatic carbocycles. The molecule has 4 rings (SSSR count). The number of thiophene rings is 1. The van der Waals surface area contributed by atoms with Crippen LogP contribution in [-0.4, -0.2) is 61.0 Å². The highest BCUT2D eigenvalue weighted by atomic mass is 32.1. The molecule has 41 heavy (non-hydrogen) atoms. The number of hydrogen-bond acceptors (Lipinski definition) is 7. The van der Waals surface area contributed by atoms with Gasteiger partial charge in [0.2, 0.25) is 11.8 Å². The number of aliphatic hydroxyl groups excluding tert-OH is 1. The van der Waals surface area contributed by atoms with Crippen molar-refractivity contribution >= 4 is 33.2 Å². The number of amides is 2. The van der Waals surface area contributed by atoms with Gasteiger partial charge in [-0.15, -0.1) is 11.3 Å². The van der Waals surface area contributed by atoms with Crippen LogP contribution in [0, 0.1) is 5.92 Å². The number of para-hydroxylation sites is 1. The lowest BCUT2D eigenvalue weighted by Crippen LogP contribution is -2.60. The first-order valence-corrected chi connectivity index (χ1v) is 15.7. The van der Waals surface area contributed by atoms with Crippen LogP contribution in [0.2, 0.25) is 0 Å². The largest absolute Gasteiger partial charge is 0.492 e. The second kappa shape index (κ2) is 15.3. The minimum absolute atomic E-state index is 0.0696. The number of hydrogen-bond donors (Lipinski definition) is 5. The van der Waals surface area contributed by atoms with Gasteiger partial charge in [0.1, 0.15) is 18.6 Å². The van der Waals surface area contributed by atoms with Gasteiger partial charge in [-0.05, 0) is 65.6 Å². The Morgan fingerprint density at radius 2 is 1.80 bits per heavy atom. The fourth-order valence-electron chi connectivity index (χ4n) is 5.29. The number of aryl methyl sites for hydroxylation is 1. The van der Waals surface area contributed by atoms with Crippen molar-refractivity contribution in [1.29, 1.82) is 0 Å². The van der Waals surface area contributed by atoms with Crippen molar-refractivity contribution in [2.75, 3.05) is 19.7 Å². The zero-order valence-corrected chi connectivity index (χ0v) is 25.1. The molecule has 9 heteroatoms. The zero-order chi connectivity index (χ0) is 29.2. The van der Waals surface area contributed by atoms with Gasteiger partial charge in [-0.2, -0.15) is 0 Å². The molecule has 1 aromatic heterocycles. The van der Waals surface area contributed by atoms with Crippen LogP contribution in [0.3, 0.4) is 0 Å². The standard InChI is InChI=1S/C32H44N4O4S/c1-4-10-25-30(37)34-16-9-12-22-11-5-7-14-27(22)40-18-17-33-26(31(38)36-29(21(2)3)32(39)35-25)19-23-20-41-28-15-8-6-13-24(23)28/h5-8,11,13-15,20-21,25-26,29,32-33,35,39H,4,9-10,12,16-19H2,1-3H3,(H,34,37)(H,36,38)/t25-,26+,29+,32?/m0/s1. The highest BCUT2D eigenvalue weighted by Crippen LogP contribution is 2.27. The molecule has 2 aromatic carbocycles. The number of fused-ring (bicyclic) bond motifs is 2. The lowest BCUT2D eigenvalue weighted by atomic mass is 9.99. The van der Waals surface area contributed by atoms with Crippen LogP contribution in [0.1, 0.15) is 51.2 Å². The molecule has 0 saturated heterocycles. The number of nitrogens with one attached hydrogen (secondary N) is 4. The second-order valence-electron chi connectivity index (χ2n) is 11.0. The summed E-state index contributed by atoms with van der Waals surface area (Å²) in [6.07, 6.45) is 2.31. The average Bonchev–Trinajstić information content (AvgIpc) is 3.37.